The van der Waals surface area contributed by atoms with E-state index in [2.05, 4.69) is 4.98 Å². The Morgan fingerprint density at radius 1 is 0.864 bits per heavy atom. The van der Waals surface area contributed by atoms with Crippen LogP contribution in [0.5, 0.6) is 23.0 Å². The van der Waals surface area contributed by atoms with E-state index in [-0.39, 0.29) is 45.3 Å². The molecule has 0 aliphatic carbocycles. The Labute approximate surface area is 134 Å². The molecule has 3 aromatic rings. The van der Waals surface area contributed by atoms with Crippen LogP contribution in [-0.2, 0) is 0 Å². The van der Waals surface area contributed by atoms with Crippen LogP contribution in [0, 0.1) is 0 Å². The number of aromatic amines is 1. The number of hydrogen-bond donors (Lipinski definition) is 5. The monoisotopic (exact) mass is 365 g/mol. The molecule has 0 unspecified atom stereocenters. The van der Waals surface area contributed by atoms with E-state index < -0.39 is 11.2 Å². The highest BCUT2D eigenvalue weighted by molar-refractivity contribution is 8.93. The van der Waals surface area contributed by atoms with Crippen LogP contribution in [0.2, 0.25) is 0 Å². The van der Waals surface area contributed by atoms with Crippen molar-refractivity contribution in [2.24, 2.45) is 0 Å². The Kier molecular flexibility index (Phi) is 4.01. The lowest BCUT2D eigenvalue weighted by atomic mass is 10.1. The van der Waals surface area contributed by atoms with E-state index in [1.165, 1.54) is 24.3 Å². The second kappa shape index (κ2) is 5.61. The fourth-order valence-electron chi connectivity index (χ4n) is 2.20. The lowest BCUT2D eigenvalue weighted by Crippen LogP contribution is -2.05. The first-order valence-electron chi connectivity index (χ1n) is 6.08. The molecule has 0 spiro atoms. The van der Waals surface area contributed by atoms with Crippen LogP contribution in [0.1, 0.15) is 0 Å². The smallest absolute Gasteiger partial charge is 0.235 e. The van der Waals surface area contributed by atoms with Gasteiger partial charge in [0.25, 0.3) is 0 Å². The average Bonchev–Trinajstić information content (AvgIpc) is 2.46. The SMILES string of the molecule is Br.O=c1c(O)c(-c2ccc(O)c(O)c2)[nH]c2cccc(O)c12. The first-order chi connectivity index (χ1) is 9.99. The summed E-state index contributed by atoms with van der Waals surface area (Å²) in [4.78, 5) is 15.0. The van der Waals surface area contributed by atoms with Crippen molar-refractivity contribution in [2.45, 2.75) is 0 Å². The van der Waals surface area contributed by atoms with Gasteiger partial charge >= 0.3 is 0 Å². The summed E-state index contributed by atoms with van der Waals surface area (Å²) in [7, 11) is 0. The topological polar surface area (TPSA) is 114 Å². The van der Waals surface area contributed by atoms with Crippen LogP contribution in [-0.4, -0.2) is 25.4 Å². The fourth-order valence-corrected chi connectivity index (χ4v) is 2.20. The number of halogens is 1. The molecule has 3 rings (SSSR count). The number of H-pyrrole nitrogens is 1. The number of hydrogen-bond acceptors (Lipinski definition) is 5. The molecule has 0 fully saturated rings. The van der Waals surface area contributed by atoms with Gasteiger partial charge in [-0.25, -0.2) is 0 Å². The van der Waals surface area contributed by atoms with E-state index in [0.717, 1.165) is 0 Å². The van der Waals surface area contributed by atoms with E-state index >= 15 is 0 Å². The Morgan fingerprint density at radius 2 is 1.59 bits per heavy atom. The molecule has 0 aliphatic heterocycles. The van der Waals surface area contributed by atoms with Gasteiger partial charge in [0, 0.05) is 5.56 Å². The first kappa shape index (κ1) is 15.7. The van der Waals surface area contributed by atoms with Gasteiger partial charge in [-0.15, -0.1) is 17.0 Å². The summed E-state index contributed by atoms with van der Waals surface area (Å²) in [5, 5.41) is 38.6. The Hall–Kier alpha value is -2.67. The highest BCUT2D eigenvalue weighted by Crippen LogP contribution is 2.34. The fraction of sp³-hybridized carbons (Fsp3) is 0. The molecular formula is C15H12BrNO5. The average molecular weight is 366 g/mol. The van der Waals surface area contributed by atoms with Gasteiger partial charge in [-0.1, -0.05) is 6.07 Å². The minimum Gasteiger partial charge on any atom is -0.507 e. The molecular weight excluding hydrogens is 354 g/mol. The van der Waals surface area contributed by atoms with Crippen molar-refractivity contribution in [3.63, 3.8) is 0 Å². The molecule has 0 amide bonds. The Morgan fingerprint density at radius 3 is 2.27 bits per heavy atom. The number of nitrogens with one attached hydrogen (secondary N) is 1. The normalized spacial score (nSPS) is 10.4. The molecule has 5 N–H and O–H groups in total. The van der Waals surface area contributed by atoms with Crippen molar-refractivity contribution in [3.8, 4) is 34.3 Å². The third kappa shape index (κ3) is 2.35. The molecule has 114 valence electrons. The number of rotatable bonds is 1. The minimum atomic E-state index is -0.718. The van der Waals surface area contributed by atoms with Gasteiger partial charge in [0.15, 0.2) is 17.2 Å². The molecule has 1 heterocycles. The first-order valence-corrected chi connectivity index (χ1v) is 6.08. The molecule has 22 heavy (non-hydrogen) atoms. The Bertz CT molecular complexity index is 920. The minimum absolute atomic E-state index is 0. The summed E-state index contributed by atoms with van der Waals surface area (Å²) in [5.74, 6) is -1.49. The maximum Gasteiger partial charge on any atom is 0.235 e. The lowest BCUT2D eigenvalue weighted by Gasteiger charge is -2.09. The number of pyridine rings is 1. The third-order valence-electron chi connectivity index (χ3n) is 3.25. The van der Waals surface area contributed by atoms with E-state index in [4.69, 9.17) is 0 Å². The molecule has 0 saturated heterocycles. The van der Waals surface area contributed by atoms with Crippen LogP contribution in [0.15, 0.2) is 41.2 Å². The van der Waals surface area contributed by atoms with Crippen molar-refractivity contribution < 1.29 is 20.4 Å². The number of phenolic OH excluding ortho intramolecular Hbond substituents is 3. The molecule has 0 aliphatic rings. The predicted molar refractivity (Wildman–Crippen MR) is 87.0 cm³/mol. The zero-order chi connectivity index (χ0) is 15.1. The summed E-state index contributed by atoms with van der Waals surface area (Å²) < 4.78 is 0. The van der Waals surface area contributed by atoms with Gasteiger partial charge in [-0.3, -0.25) is 4.79 Å². The van der Waals surface area contributed by atoms with Gasteiger partial charge in [-0.2, -0.15) is 0 Å². The number of benzene rings is 2. The predicted octanol–water partition coefficient (Wildman–Crippen LogP) is 2.60. The summed E-state index contributed by atoms with van der Waals surface area (Å²) in [6, 6.07) is 8.39. The number of aromatic nitrogens is 1. The number of aromatic hydroxyl groups is 4. The van der Waals surface area contributed by atoms with Crippen LogP contribution < -0.4 is 5.43 Å². The summed E-state index contributed by atoms with van der Waals surface area (Å²) in [5.41, 5.74) is 0.0447. The van der Waals surface area contributed by atoms with Gasteiger partial charge in [0.1, 0.15) is 5.75 Å². The molecule has 1 aromatic heterocycles. The van der Waals surface area contributed by atoms with E-state index in [9.17, 15) is 25.2 Å². The maximum atomic E-state index is 12.2. The zero-order valence-corrected chi connectivity index (χ0v) is 12.8. The summed E-state index contributed by atoms with van der Waals surface area (Å²) in [6.45, 7) is 0. The molecule has 0 atom stereocenters. The second-order valence-electron chi connectivity index (χ2n) is 4.58. The maximum absolute atomic E-state index is 12.2. The van der Waals surface area contributed by atoms with Crippen molar-refractivity contribution in [1.82, 2.24) is 4.98 Å². The highest BCUT2D eigenvalue weighted by atomic mass is 79.9. The summed E-state index contributed by atoms with van der Waals surface area (Å²) >= 11 is 0. The highest BCUT2D eigenvalue weighted by Gasteiger charge is 2.15. The van der Waals surface area contributed by atoms with Crippen LogP contribution >= 0.6 is 17.0 Å². The van der Waals surface area contributed by atoms with Crippen LogP contribution in [0.25, 0.3) is 22.2 Å². The van der Waals surface area contributed by atoms with Gasteiger partial charge in [0.2, 0.25) is 5.43 Å². The van der Waals surface area contributed by atoms with Crippen LogP contribution in [0.4, 0.5) is 0 Å². The van der Waals surface area contributed by atoms with Crippen molar-refractivity contribution >= 4 is 27.9 Å². The van der Waals surface area contributed by atoms with Gasteiger partial charge in [-0.05, 0) is 30.3 Å². The quantitative estimate of drug-likeness (QED) is 0.425. The largest absolute Gasteiger partial charge is 0.507 e. The molecule has 0 saturated carbocycles. The molecule has 6 nitrogen and oxygen atoms in total. The van der Waals surface area contributed by atoms with Crippen molar-refractivity contribution in [1.29, 1.82) is 0 Å². The third-order valence-corrected chi connectivity index (χ3v) is 3.25. The molecule has 7 heteroatoms. The second-order valence-corrected chi connectivity index (χ2v) is 4.58. The van der Waals surface area contributed by atoms with Crippen molar-refractivity contribution in [3.05, 3.63) is 46.6 Å². The standard InChI is InChI=1S/C15H11NO5.BrH/c17-9-5-4-7(6-11(9)19)13-15(21)14(20)12-8(16-13)2-1-3-10(12)18;/h1-6,17-19,21H,(H,16,20);1H. The van der Waals surface area contributed by atoms with E-state index in [0.29, 0.717) is 11.1 Å². The molecule has 0 radical (unpaired) electrons. The van der Waals surface area contributed by atoms with Gasteiger partial charge in [0.05, 0.1) is 16.6 Å². The van der Waals surface area contributed by atoms with E-state index in [1.54, 1.807) is 12.1 Å². The van der Waals surface area contributed by atoms with Crippen molar-refractivity contribution in [2.75, 3.05) is 0 Å². The Balaban J connectivity index is 0.00000176. The summed E-state index contributed by atoms with van der Waals surface area (Å²) in [6.07, 6.45) is 0. The number of phenols is 3. The lowest BCUT2D eigenvalue weighted by molar-refractivity contribution is 0.404. The zero-order valence-electron chi connectivity index (χ0n) is 11.1. The van der Waals surface area contributed by atoms with Crippen LogP contribution in [0.3, 0.4) is 0 Å². The van der Waals surface area contributed by atoms with E-state index in [1.807, 2.05) is 0 Å². The number of fused-ring (bicyclic) bond motifs is 1. The molecule has 2 aromatic carbocycles. The molecule has 0 bridgehead atoms. The van der Waals surface area contributed by atoms with Gasteiger partial charge < -0.3 is 25.4 Å².